The zero-order valence-corrected chi connectivity index (χ0v) is 12.1. The molecule has 7 nitrogen and oxygen atoms in total. The van der Waals surface area contributed by atoms with Crippen molar-refractivity contribution < 1.29 is 14.3 Å². The first-order valence-electron chi connectivity index (χ1n) is 7.08. The maximum absolute atomic E-state index is 12.0. The van der Waals surface area contributed by atoms with E-state index in [-0.39, 0.29) is 29.3 Å². The number of hydrogen-bond donors (Lipinski definition) is 2. The van der Waals surface area contributed by atoms with Crippen LogP contribution in [0.25, 0.3) is 0 Å². The number of carbonyl (C=O) groups excluding carboxylic acids is 1. The molecule has 1 aromatic heterocycles. The number of nitrogens with zero attached hydrogens (tertiary/aromatic N) is 2. The molecule has 0 unspecified atom stereocenters. The third kappa shape index (κ3) is 2.13. The molecule has 0 aromatic carbocycles. The summed E-state index contributed by atoms with van der Waals surface area (Å²) in [6.45, 7) is 0. The summed E-state index contributed by atoms with van der Waals surface area (Å²) in [5.74, 6) is -0.536. The van der Waals surface area contributed by atoms with Crippen LogP contribution >= 0.6 is 0 Å². The van der Waals surface area contributed by atoms with Crippen molar-refractivity contribution in [3.05, 3.63) is 34.9 Å². The number of aromatic amines is 1. The van der Waals surface area contributed by atoms with E-state index in [0.29, 0.717) is 11.1 Å². The quantitative estimate of drug-likeness (QED) is 0.635. The molecular formula is C15H16N4O3. The van der Waals surface area contributed by atoms with Crippen LogP contribution < -0.4 is 10.5 Å². The van der Waals surface area contributed by atoms with E-state index in [1.165, 1.54) is 7.11 Å². The van der Waals surface area contributed by atoms with Gasteiger partial charge in [0.2, 0.25) is 11.8 Å². The van der Waals surface area contributed by atoms with Crippen LogP contribution in [-0.4, -0.2) is 23.3 Å². The highest BCUT2D eigenvalue weighted by Gasteiger charge is 2.40. The summed E-state index contributed by atoms with van der Waals surface area (Å²) in [6, 6.07) is 2.12. The molecule has 1 aliphatic heterocycles. The first-order chi connectivity index (χ1) is 10.7. The van der Waals surface area contributed by atoms with Crippen molar-refractivity contribution in [3.8, 4) is 11.9 Å². The minimum atomic E-state index is -0.542. The van der Waals surface area contributed by atoms with Crippen LogP contribution in [0.2, 0.25) is 0 Å². The van der Waals surface area contributed by atoms with Crippen molar-refractivity contribution in [1.29, 1.82) is 5.26 Å². The first-order valence-corrected chi connectivity index (χ1v) is 7.08. The lowest BCUT2D eigenvalue weighted by Crippen LogP contribution is -2.26. The Morgan fingerprint density at radius 3 is 3.09 bits per heavy atom. The predicted octanol–water partition coefficient (Wildman–Crippen LogP) is 1.72. The van der Waals surface area contributed by atoms with Crippen LogP contribution in [0, 0.1) is 17.2 Å². The van der Waals surface area contributed by atoms with E-state index in [4.69, 9.17) is 15.2 Å². The standard InChI is InChI=1S/C15H16N4O3/c1-21-15(20)12-11-10(8-5-3-2-4-6-8)9(7-16)13(17)22-14(11)19-18-12/h3,5,8,10H,2,4,6,17H2,1H3,(H,18,19)/t8-,10+/m0/s1. The Balaban J connectivity index is 2.15. The fraction of sp³-hybridized carbons (Fsp3) is 0.400. The second-order valence-corrected chi connectivity index (χ2v) is 5.30. The maximum Gasteiger partial charge on any atom is 0.356 e. The molecule has 2 aliphatic rings. The minimum absolute atomic E-state index is 0.0434. The number of rotatable bonds is 2. The molecule has 1 aromatic rings. The number of aromatic nitrogens is 2. The number of allylic oxidation sites excluding steroid dienone is 3. The largest absolute Gasteiger partial charge is 0.464 e. The van der Waals surface area contributed by atoms with Gasteiger partial charge in [-0.2, -0.15) is 5.26 Å². The third-order valence-electron chi connectivity index (χ3n) is 4.09. The molecule has 0 saturated carbocycles. The zero-order valence-electron chi connectivity index (χ0n) is 12.1. The van der Waals surface area contributed by atoms with Gasteiger partial charge in [0.15, 0.2) is 5.69 Å². The molecule has 0 fully saturated rings. The Hall–Kier alpha value is -2.75. The lowest BCUT2D eigenvalue weighted by atomic mass is 9.75. The molecule has 1 aliphatic carbocycles. The van der Waals surface area contributed by atoms with E-state index in [0.717, 1.165) is 19.3 Å². The van der Waals surface area contributed by atoms with Crippen LogP contribution in [0.4, 0.5) is 0 Å². The maximum atomic E-state index is 12.0. The van der Waals surface area contributed by atoms with Crippen LogP contribution in [0.3, 0.4) is 0 Å². The highest BCUT2D eigenvalue weighted by molar-refractivity contribution is 5.90. The molecule has 0 saturated heterocycles. The number of hydrogen-bond acceptors (Lipinski definition) is 6. The van der Waals surface area contributed by atoms with Crippen molar-refractivity contribution in [2.24, 2.45) is 11.7 Å². The number of H-pyrrole nitrogens is 1. The third-order valence-corrected chi connectivity index (χ3v) is 4.09. The van der Waals surface area contributed by atoms with Gasteiger partial charge in [0, 0.05) is 5.92 Å². The summed E-state index contributed by atoms with van der Waals surface area (Å²) >= 11 is 0. The van der Waals surface area contributed by atoms with Crippen LogP contribution in [-0.2, 0) is 4.74 Å². The Bertz CT molecular complexity index is 711. The average molecular weight is 300 g/mol. The van der Waals surface area contributed by atoms with E-state index in [1.807, 2.05) is 0 Å². The first kappa shape index (κ1) is 14.2. The summed E-state index contributed by atoms with van der Waals surface area (Å²) in [7, 11) is 1.30. The lowest BCUT2D eigenvalue weighted by Gasteiger charge is -2.30. The van der Waals surface area contributed by atoms with Gasteiger partial charge in [-0.25, -0.2) is 4.79 Å². The molecule has 3 N–H and O–H groups in total. The van der Waals surface area contributed by atoms with Gasteiger partial charge < -0.3 is 15.2 Å². The molecule has 0 amide bonds. The van der Waals surface area contributed by atoms with Crippen molar-refractivity contribution in [2.45, 2.75) is 25.2 Å². The number of nitriles is 1. The summed E-state index contributed by atoms with van der Waals surface area (Å²) < 4.78 is 10.2. The molecule has 114 valence electrons. The molecule has 22 heavy (non-hydrogen) atoms. The number of ether oxygens (including phenoxy) is 2. The summed E-state index contributed by atoms with van der Waals surface area (Å²) in [4.78, 5) is 12.0. The van der Waals surface area contributed by atoms with E-state index in [2.05, 4.69) is 28.4 Å². The Morgan fingerprint density at radius 1 is 1.64 bits per heavy atom. The smallest absolute Gasteiger partial charge is 0.356 e. The van der Waals surface area contributed by atoms with Gasteiger partial charge in [-0.3, -0.25) is 5.10 Å². The lowest BCUT2D eigenvalue weighted by molar-refractivity contribution is 0.0592. The summed E-state index contributed by atoms with van der Waals surface area (Å²) in [5, 5.41) is 16.1. The summed E-state index contributed by atoms with van der Waals surface area (Å²) in [5.41, 5.74) is 6.95. The molecule has 0 radical (unpaired) electrons. The van der Waals surface area contributed by atoms with Crippen molar-refractivity contribution in [1.82, 2.24) is 10.2 Å². The molecule has 3 rings (SSSR count). The number of nitrogens with two attached hydrogens (primary N) is 1. The van der Waals surface area contributed by atoms with Gasteiger partial charge in [0.1, 0.15) is 6.07 Å². The number of esters is 1. The molecule has 7 heteroatoms. The molecular weight excluding hydrogens is 284 g/mol. The molecule has 0 spiro atoms. The van der Waals surface area contributed by atoms with Gasteiger partial charge in [-0.15, -0.1) is 5.10 Å². The Morgan fingerprint density at radius 2 is 2.45 bits per heavy atom. The van der Waals surface area contributed by atoms with Gasteiger partial charge in [-0.1, -0.05) is 12.2 Å². The second-order valence-electron chi connectivity index (χ2n) is 5.30. The van der Waals surface area contributed by atoms with E-state index in [9.17, 15) is 10.1 Å². The van der Waals surface area contributed by atoms with E-state index in [1.54, 1.807) is 0 Å². The second kappa shape index (κ2) is 5.56. The molecule has 2 heterocycles. The monoisotopic (exact) mass is 300 g/mol. The van der Waals surface area contributed by atoms with Gasteiger partial charge in [-0.05, 0) is 25.2 Å². The molecule has 0 bridgehead atoms. The average Bonchev–Trinajstić information content (AvgIpc) is 2.96. The van der Waals surface area contributed by atoms with Crippen molar-refractivity contribution in [3.63, 3.8) is 0 Å². The van der Waals surface area contributed by atoms with Crippen molar-refractivity contribution in [2.75, 3.05) is 7.11 Å². The normalized spacial score (nSPS) is 23.5. The summed E-state index contributed by atoms with van der Waals surface area (Å²) in [6.07, 6.45) is 7.11. The SMILES string of the molecule is COC(=O)c1[nH]nc2c1[C@H]([C@H]1C=CCCC1)C(C#N)=C(N)O2. The van der Waals surface area contributed by atoms with Crippen LogP contribution in [0.15, 0.2) is 23.6 Å². The number of nitrogens with one attached hydrogen (secondary N) is 1. The number of carbonyl (C=O) groups is 1. The minimum Gasteiger partial charge on any atom is -0.464 e. The topological polar surface area (TPSA) is 114 Å². The van der Waals surface area contributed by atoms with Gasteiger partial charge in [0.05, 0.1) is 18.2 Å². The number of methoxy groups -OCH3 is 1. The van der Waals surface area contributed by atoms with Crippen LogP contribution in [0.1, 0.15) is 41.2 Å². The highest BCUT2D eigenvalue weighted by Crippen LogP contribution is 2.45. The fourth-order valence-electron chi connectivity index (χ4n) is 3.08. The zero-order chi connectivity index (χ0) is 15.7. The number of fused-ring (bicyclic) bond motifs is 1. The fourth-order valence-corrected chi connectivity index (χ4v) is 3.08. The predicted molar refractivity (Wildman–Crippen MR) is 76.6 cm³/mol. The van der Waals surface area contributed by atoms with Gasteiger partial charge in [0.25, 0.3) is 0 Å². The van der Waals surface area contributed by atoms with E-state index >= 15 is 0 Å². The van der Waals surface area contributed by atoms with Crippen molar-refractivity contribution >= 4 is 5.97 Å². The Kier molecular flexibility index (Phi) is 3.59. The molecule has 2 atom stereocenters. The van der Waals surface area contributed by atoms with E-state index < -0.39 is 5.97 Å². The Labute approximate surface area is 127 Å². The highest BCUT2D eigenvalue weighted by atomic mass is 16.5. The van der Waals surface area contributed by atoms with Gasteiger partial charge >= 0.3 is 5.97 Å². The van der Waals surface area contributed by atoms with Crippen LogP contribution in [0.5, 0.6) is 5.88 Å².